The normalized spacial score (nSPS) is 22.2. The molecule has 1 fully saturated rings. The molecule has 1 atom stereocenters. The summed E-state index contributed by atoms with van der Waals surface area (Å²) in [5, 5.41) is 2.64. The van der Waals surface area contributed by atoms with E-state index in [2.05, 4.69) is 5.32 Å². The van der Waals surface area contributed by atoms with Gasteiger partial charge in [0.2, 0.25) is 0 Å². The zero-order chi connectivity index (χ0) is 8.81. The summed E-state index contributed by atoms with van der Waals surface area (Å²) in [5.74, 6) is 0. The third-order valence-electron chi connectivity index (χ3n) is 1.77. The van der Waals surface area contributed by atoms with E-state index in [1.54, 1.807) is 6.92 Å². The maximum absolute atomic E-state index is 10.8. The summed E-state index contributed by atoms with van der Waals surface area (Å²) in [6.07, 6.45) is 1.96. The van der Waals surface area contributed by atoms with E-state index in [1.807, 2.05) is 0 Å². The van der Waals surface area contributed by atoms with Crippen molar-refractivity contribution < 1.29 is 14.3 Å². The van der Waals surface area contributed by atoms with E-state index in [1.165, 1.54) is 0 Å². The average molecular weight is 173 g/mol. The van der Waals surface area contributed by atoms with Crippen LogP contribution in [-0.4, -0.2) is 32.0 Å². The van der Waals surface area contributed by atoms with E-state index in [9.17, 15) is 4.79 Å². The van der Waals surface area contributed by atoms with Crippen molar-refractivity contribution in [2.75, 3.05) is 19.8 Å². The van der Waals surface area contributed by atoms with Crippen molar-refractivity contribution in [3.8, 4) is 0 Å². The van der Waals surface area contributed by atoms with Crippen LogP contribution in [-0.2, 0) is 9.47 Å². The summed E-state index contributed by atoms with van der Waals surface area (Å²) in [6, 6.07) is 0. The number of amides is 1. The lowest BCUT2D eigenvalue weighted by Crippen LogP contribution is -2.32. The Morgan fingerprint density at radius 2 is 2.58 bits per heavy atom. The highest BCUT2D eigenvalue weighted by atomic mass is 16.5. The Bertz CT molecular complexity index is 143. The lowest BCUT2D eigenvalue weighted by molar-refractivity contribution is 0.102. The highest BCUT2D eigenvalue weighted by Crippen LogP contribution is 2.10. The second-order valence-corrected chi connectivity index (χ2v) is 2.74. The van der Waals surface area contributed by atoms with E-state index < -0.39 is 0 Å². The Labute approximate surface area is 72.2 Å². The second-order valence-electron chi connectivity index (χ2n) is 2.74. The Balaban J connectivity index is 2.03. The number of carbonyl (C=O) groups is 1. The highest BCUT2D eigenvalue weighted by molar-refractivity contribution is 5.67. The Morgan fingerprint density at radius 3 is 3.17 bits per heavy atom. The number of alkyl carbamates (subject to hydrolysis) is 1. The molecule has 1 aliphatic rings. The zero-order valence-corrected chi connectivity index (χ0v) is 7.34. The van der Waals surface area contributed by atoms with Gasteiger partial charge in [-0.3, -0.25) is 0 Å². The highest BCUT2D eigenvalue weighted by Gasteiger charge is 2.15. The van der Waals surface area contributed by atoms with Crippen molar-refractivity contribution in [2.45, 2.75) is 25.9 Å². The first kappa shape index (κ1) is 9.32. The lowest BCUT2D eigenvalue weighted by Gasteiger charge is -2.09. The second kappa shape index (κ2) is 4.98. The van der Waals surface area contributed by atoms with Crippen LogP contribution in [0.25, 0.3) is 0 Å². The van der Waals surface area contributed by atoms with Crippen LogP contribution >= 0.6 is 0 Å². The topological polar surface area (TPSA) is 47.6 Å². The van der Waals surface area contributed by atoms with Crippen LogP contribution in [0.4, 0.5) is 4.79 Å². The third-order valence-corrected chi connectivity index (χ3v) is 1.77. The van der Waals surface area contributed by atoms with Gasteiger partial charge in [0.1, 0.15) is 0 Å². The first-order chi connectivity index (χ1) is 5.83. The van der Waals surface area contributed by atoms with Gasteiger partial charge in [-0.2, -0.15) is 0 Å². The number of hydrogen-bond donors (Lipinski definition) is 1. The maximum Gasteiger partial charge on any atom is 0.407 e. The van der Waals surface area contributed by atoms with Gasteiger partial charge in [0.15, 0.2) is 0 Å². The van der Waals surface area contributed by atoms with Gasteiger partial charge in [0.05, 0.1) is 12.7 Å². The van der Waals surface area contributed by atoms with Gasteiger partial charge in [-0.1, -0.05) is 0 Å². The van der Waals surface area contributed by atoms with Crippen molar-refractivity contribution in [2.24, 2.45) is 0 Å². The van der Waals surface area contributed by atoms with Gasteiger partial charge >= 0.3 is 6.09 Å². The molecule has 1 heterocycles. The standard InChI is InChI=1S/C8H15NO3/c1-2-11-8(10)9-6-7-4-3-5-12-7/h7H,2-6H2,1H3,(H,9,10). The van der Waals surface area contributed by atoms with E-state index >= 15 is 0 Å². The fourth-order valence-electron chi connectivity index (χ4n) is 1.18. The van der Waals surface area contributed by atoms with Crippen molar-refractivity contribution in [3.63, 3.8) is 0 Å². The lowest BCUT2D eigenvalue weighted by atomic mass is 10.2. The number of hydrogen-bond acceptors (Lipinski definition) is 3. The van der Waals surface area contributed by atoms with Gasteiger partial charge in [-0.05, 0) is 19.8 Å². The minimum absolute atomic E-state index is 0.189. The number of nitrogens with one attached hydrogen (secondary N) is 1. The summed E-state index contributed by atoms with van der Waals surface area (Å²) in [6.45, 7) is 3.58. The smallest absolute Gasteiger partial charge is 0.407 e. The Hall–Kier alpha value is -0.770. The van der Waals surface area contributed by atoms with Crippen LogP contribution < -0.4 is 5.32 Å². The van der Waals surface area contributed by atoms with Crippen LogP contribution in [0.1, 0.15) is 19.8 Å². The molecule has 0 spiro atoms. The SMILES string of the molecule is CCOC(=O)NCC1CCCO1. The predicted molar refractivity (Wildman–Crippen MR) is 44.0 cm³/mol. The molecule has 1 amide bonds. The molecule has 0 radical (unpaired) electrons. The summed E-state index contributed by atoms with van der Waals surface area (Å²) in [4.78, 5) is 10.8. The van der Waals surface area contributed by atoms with Crippen molar-refractivity contribution in [1.29, 1.82) is 0 Å². The third kappa shape index (κ3) is 3.09. The molecule has 4 nitrogen and oxygen atoms in total. The molecular weight excluding hydrogens is 158 g/mol. The fraction of sp³-hybridized carbons (Fsp3) is 0.875. The van der Waals surface area contributed by atoms with Gasteiger partial charge in [0, 0.05) is 13.2 Å². The summed E-state index contributed by atoms with van der Waals surface area (Å²) in [7, 11) is 0. The first-order valence-electron chi connectivity index (χ1n) is 4.35. The predicted octanol–water partition coefficient (Wildman–Crippen LogP) is 0.911. The first-order valence-corrected chi connectivity index (χ1v) is 4.35. The quantitative estimate of drug-likeness (QED) is 0.690. The van der Waals surface area contributed by atoms with E-state index in [4.69, 9.17) is 9.47 Å². The summed E-state index contributed by atoms with van der Waals surface area (Å²) >= 11 is 0. The van der Waals surface area contributed by atoms with E-state index in [0.717, 1.165) is 19.4 Å². The van der Waals surface area contributed by atoms with Crippen molar-refractivity contribution in [3.05, 3.63) is 0 Å². The van der Waals surface area contributed by atoms with Gasteiger partial charge < -0.3 is 14.8 Å². The number of ether oxygens (including phenoxy) is 2. The molecule has 0 aromatic carbocycles. The molecule has 0 aliphatic carbocycles. The molecular formula is C8H15NO3. The van der Waals surface area contributed by atoms with E-state index in [-0.39, 0.29) is 12.2 Å². The van der Waals surface area contributed by atoms with Crippen LogP contribution in [0.5, 0.6) is 0 Å². The van der Waals surface area contributed by atoms with Gasteiger partial charge in [0.25, 0.3) is 0 Å². The molecule has 4 heteroatoms. The minimum atomic E-state index is -0.354. The molecule has 1 saturated heterocycles. The zero-order valence-electron chi connectivity index (χ0n) is 7.34. The molecule has 0 aromatic heterocycles. The molecule has 0 aromatic rings. The molecule has 1 rings (SSSR count). The van der Waals surface area contributed by atoms with Gasteiger partial charge in [-0.15, -0.1) is 0 Å². The van der Waals surface area contributed by atoms with E-state index in [0.29, 0.717) is 13.2 Å². The maximum atomic E-state index is 10.8. The molecule has 1 aliphatic heterocycles. The van der Waals surface area contributed by atoms with Gasteiger partial charge in [-0.25, -0.2) is 4.79 Å². The molecule has 0 bridgehead atoms. The Kier molecular flexibility index (Phi) is 3.87. The van der Waals surface area contributed by atoms with Crippen LogP contribution in [0.2, 0.25) is 0 Å². The molecule has 70 valence electrons. The van der Waals surface area contributed by atoms with Crippen LogP contribution in [0.15, 0.2) is 0 Å². The summed E-state index contributed by atoms with van der Waals surface area (Å²) in [5.41, 5.74) is 0. The van der Waals surface area contributed by atoms with Crippen molar-refractivity contribution in [1.82, 2.24) is 5.32 Å². The van der Waals surface area contributed by atoms with Crippen LogP contribution in [0, 0.1) is 0 Å². The summed E-state index contributed by atoms with van der Waals surface area (Å²) < 4.78 is 10.0. The fourth-order valence-corrected chi connectivity index (χ4v) is 1.18. The number of rotatable bonds is 3. The largest absolute Gasteiger partial charge is 0.450 e. The molecule has 12 heavy (non-hydrogen) atoms. The monoisotopic (exact) mass is 173 g/mol. The minimum Gasteiger partial charge on any atom is -0.450 e. The van der Waals surface area contributed by atoms with Crippen molar-refractivity contribution >= 4 is 6.09 Å². The molecule has 1 unspecified atom stereocenters. The molecule has 0 saturated carbocycles. The number of carbonyl (C=O) groups excluding carboxylic acids is 1. The average Bonchev–Trinajstić information content (AvgIpc) is 2.53. The molecule has 1 N–H and O–H groups in total. The van der Waals surface area contributed by atoms with Crippen LogP contribution in [0.3, 0.4) is 0 Å². The Morgan fingerprint density at radius 1 is 1.75 bits per heavy atom.